The zero-order chi connectivity index (χ0) is 17.9. The number of hydrogen-bond donors (Lipinski definition) is 1. The molecule has 1 unspecified atom stereocenters. The number of hydrogen-bond acceptors (Lipinski definition) is 4. The molecule has 2 aromatic rings. The van der Waals surface area contributed by atoms with Crippen LogP contribution in [0.3, 0.4) is 0 Å². The molecular formula is C17H20F3N3O2. The summed E-state index contributed by atoms with van der Waals surface area (Å²) >= 11 is 0. The second kappa shape index (κ2) is 7.35. The van der Waals surface area contributed by atoms with Crippen LogP contribution in [0.5, 0.6) is 11.5 Å². The number of fused-ring (bicyclic) bond motifs is 1. The fraction of sp³-hybridized carbons (Fsp3) is 0.471. The smallest absolute Gasteiger partial charge is 0.406 e. The Morgan fingerprint density at radius 1 is 1.40 bits per heavy atom. The fourth-order valence-corrected chi connectivity index (χ4v) is 2.90. The number of nitrogens with one attached hydrogen (secondary N) is 1. The van der Waals surface area contributed by atoms with Gasteiger partial charge in [0.05, 0.1) is 19.8 Å². The summed E-state index contributed by atoms with van der Waals surface area (Å²) in [5.74, 6) is 1.87. The van der Waals surface area contributed by atoms with Crippen LogP contribution in [0.15, 0.2) is 30.6 Å². The average molecular weight is 355 g/mol. The molecule has 0 spiro atoms. The van der Waals surface area contributed by atoms with Gasteiger partial charge in [-0.25, -0.2) is 4.98 Å². The predicted molar refractivity (Wildman–Crippen MR) is 85.6 cm³/mol. The SMILES string of the molecule is CCOc1ccc2c(c1)C(NCc1nccn1CC(F)(F)F)CCO2. The summed E-state index contributed by atoms with van der Waals surface area (Å²) in [6, 6.07) is 5.59. The molecule has 0 saturated heterocycles. The maximum atomic E-state index is 12.6. The number of rotatable bonds is 6. The van der Waals surface area contributed by atoms with Crippen LogP contribution in [0.4, 0.5) is 13.2 Å². The molecular weight excluding hydrogens is 335 g/mol. The largest absolute Gasteiger partial charge is 0.494 e. The molecule has 136 valence electrons. The van der Waals surface area contributed by atoms with E-state index in [4.69, 9.17) is 9.47 Å². The second-order valence-electron chi connectivity index (χ2n) is 5.79. The lowest BCUT2D eigenvalue weighted by atomic mass is 10.00. The maximum Gasteiger partial charge on any atom is 0.406 e. The first-order chi connectivity index (χ1) is 12.0. The number of nitrogens with zero attached hydrogens (tertiary/aromatic N) is 2. The number of benzene rings is 1. The fourth-order valence-electron chi connectivity index (χ4n) is 2.90. The van der Waals surface area contributed by atoms with Crippen molar-refractivity contribution in [3.8, 4) is 11.5 Å². The molecule has 0 bridgehead atoms. The Morgan fingerprint density at radius 3 is 3.00 bits per heavy atom. The molecule has 0 fully saturated rings. The van der Waals surface area contributed by atoms with Crippen LogP contribution in [0.25, 0.3) is 0 Å². The van der Waals surface area contributed by atoms with Crippen molar-refractivity contribution >= 4 is 0 Å². The van der Waals surface area contributed by atoms with E-state index in [9.17, 15) is 13.2 Å². The second-order valence-corrected chi connectivity index (χ2v) is 5.79. The van der Waals surface area contributed by atoms with Gasteiger partial charge in [-0.05, 0) is 25.1 Å². The van der Waals surface area contributed by atoms with Gasteiger partial charge in [0.15, 0.2) is 0 Å². The van der Waals surface area contributed by atoms with Crippen molar-refractivity contribution in [2.24, 2.45) is 0 Å². The van der Waals surface area contributed by atoms with Gasteiger partial charge in [0.1, 0.15) is 23.9 Å². The van der Waals surface area contributed by atoms with Crippen LogP contribution >= 0.6 is 0 Å². The third-order valence-corrected chi connectivity index (χ3v) is 3.99. The van der Waals surface area contributed by atoms with Crippen LogP contribution in [0, 0.1) is 0 Å². The van der Waals surface area contributed by atoms with Crippen molar-refractivity contribution in [1.29, 1.82) is 0 Å². The molecule has 0 amide bonds. The van der Waals surface area contributed by atoms with E-state index in [1.165, 1.54) is 12.4 Å². The van der Waals surface area contributed by atoms with Crippen LogP contribution < -0.4 is 14.8 Å². The summed E-state index contributed by atoms with van der Waals surface area (Å²) in [4.78, 5) is 4.03. The van der Waals surface area contributed by atoms with E-state index in [0.717, 1.165) is 28.1 Å². The lowest BCUT2D eigenvalue weighted by Gasteiger charge is -2.27. The van der Waals surface area contributed by atoms with Gasteiger partial charge in [-0.15, -0.1) is 0 Å². The van der Waals surface area contributed by atoms with Gasteiger partial charge >= 0.3 is 6.18 Å². The Hall–Kier alpha value is -2.22. The third-order valence-electron chi connectivity index (χ3n) is 3.99. The first-order valence-corrected chi connectivity index (χ1v) is 8.16. The molecule has 3 rings (SSSR count). The molecule has 2 heterocycles. The van der Waals surface area contributed by atoms with Crippen LogP contribution in [0.2, 0.25) is 0 Å². The van der Waals surface area contributed by atoms with E-state index < -0.39 is 12.7 Å². The van der Waals surface area contributed by atoms with Crippen molar-refractivity contribution in [2.75, 3.05) is 13.2 Å². The molecule has 0 radical (unpaired) electrons. The van der Waals surface area contributed by atoms with Gasteiger partial charge in [0.25, 0.3) is 0 Å². The molecule has 1 aliphatic rings. The summed E-state index contributed by atoms with van der Waals surface area (Å²) in [6.07, 6.45) is -0.820. The van der Waals surface area contributed by atoms with Gasteiger partial charge in [0, 0.05) is 30.4 Å². The van der Waals surface area contributed by atoms with Crippen LogP contribution in [0.1, 0.15) is 30.8 Å². The van der Waals surface area contributed by atoms with E-state index in [1.54, 1.807) is 0 Å². The number of ether oxygens (including phenoxy) is 2. The van der Waals surface area contributed by atoms with Crippen molar-refractivity contribution in [2.45, 2.75) is 38.7 Å². The number of halogens is 3. The molecule has 5 nitrogen and oxygen atoms in total. The van der Waals surface area contributed by atoms with Crippen LogP contribution in [-0.2, 0) is 13.1 Å². The van der Waals surface area contributed by atoms with Crippen molar-refractivity contribution in [1.82, 2.24) is 14.9 Å². The first kappa shape index (κ1) is 17.6. The molecule has 1 N–H and O–H groups in total. The summed E-state index contributed by atoms with van der Waals surface area (Å²) in [7, 11) is 0. The zero-order valence-corrected chi connectivity index (χ0v) is 13.8. The molecule has 1 aromatic heterocycles. The van der Waals surface area contributed by atoms with Crippen LogP contribution in [-0.4, -0.2) is 28.9 Å². The Kier molecular flexibility index (Phi) is 5.17. The van der Waals surface area contributed by atoms with Gasteiger partial charge in [-0.3, -0.25) is 0 Å². The lowest BCUT2D eigenvalue weighted by molar-refractivity contribution is -0.141. The Morgan fingerprint density at radius 2 is 2.24 bits per heavy atom. The first-order valence-electron chi connectivity index (χ1n) is 8.16. The minimum absolute atomic E-state index is 0.0276. The van der Waals surface area contributed by atoms with E-state index in [0.29, 0.717) is 19.0 Å². The van der Waals surface area contributed by atoms with Crippen molar-refractivity contribution in [3.63, 3.8) is 0 Å². The van der Waals surface area contributed by atoms with Gasteiger partial charge in [0.2, 0.25) is 0 Å². The quantitative estimate of drug-likeness (QED) is 0.862. The molecule has 8 heteroatoms. The minimum atomic E-state index is -4.27. The monoisotopic (exact) mass is 355 g/mol. The number of alkyl halides is 3. The molecule has 0 saturated carbocycles. The average Bonchev–Trinajstić information content (AvgIpc) is 2.98. The maximum absolute atomic E-state index is 12.6. The minimum Gasteiger partial charge on any atom is -0.494 e. The topological polar surface area (TPSA) is 48.3 Å². The highest BCUT2D eigenvalue weighted by Crippen LogP contribution is 2.35. The normalized spacial score (nSPS) is 17.0. The highest BCUT2D eigenvalue weighted by Gasteiger charge is 2.29. The van der Waals surface area contributed by atoms with Gasteiger partial charge in [-0.1, -0.05) is 0 Å². The van der Waals surface area contributed by atoms with Crippen molar-refractivity contribution in [3.05, 3.63) is 42.0 Å². The molecule has 1 atom stereocenters. The zero-order valence-electron chi connectivity index (χ0n) is 13.8. The summed E-state index contributed by atoms with van der Waals surface area (Å²) < 4.78 is 50.1. The Balaban J connectivity index is 1.71. The highest BCUT2D eigenvalue weighted by molar-refractivity contribution is 5.43. The van der Waals surface area contributed by atoms with E-state index >= 15 is 0 Å². The predicted octanol–water partition coefficient (Wildman–Crippen LogP) is 3.46. The van der Waals surface area contributed by atoms with E-state index in [1.807, 2.05) is 25.1 Å². The third kappa shape index (κ3) is 4.45. The van der Waals surface area contributed by atoms with E-state index in [2.05, 4.69) is 10.3 Å². The molecule has 1 aromatic carbocycles. The summed E-state index contributed by atoms with van der Waals surface area (Å²) in [5, 5.41) is 3.29. The summed E-state index contributed by atoms with van der Waals surface area (Å²) in [6.45, 7) is 2.23. The van der Waals surface area contributed by atoms with Gasteiger partial charge in [-0.2, -0.15) is 13.2 Å². The standard InChI is InChI=1S/C17H20F3N3O2/c1-2-24-12-3-4-15-13(9-12)14(5-8-25-15)22-10-16-21-6-7-23(16)11-17(18,19)20/h3-4,6-7,9,14,22H,2,5,8,10-11H2,1H3. The Labute approximate surface area is 143 Å². The number of imidazole rings is 1. The highest BCUT2D eigenvalue weighted by atomic mass is 19.4. The molecule has 1 aliphatic heterocycles. The summed E-state index contributed by atoms with van der Waals surface area (Å²) in [5.41, 5.74) is 0.950. The van der Waals surface area contributed by atoms with Crippen molar-refractivity contribution < 1.29 is 22.6 Å². The number of aromatic nitrogens is 2. The van der Waals surface area contributed by atoms with E-state index in [-0.39, 0.29) is 12.6 Å². The lowest BCUT2D eigenvalue weighted by Crippen LogP contribution is -2.28. The molecule has 0 aliphatic carbocycles. The Bertz CT molecular complexity index is 715. The molecule has 25 heavy (non-hydrogen) atoms. The van der Waals surface area contributed by atoms with Gasteiger partial charge < -0.3 is 19.4 Å².